The number of hydrogen-bond donors (Lipinski definition) is 0. The molecule has 3 aromatic carbocycles. The summed E-state index contributed by atoms with van der Waals surface area (Å²) in [7, 11) is 0. The summed E-state index contributed by atoms with van der Waals surface area (Å²) in [5.41, 5.74) is 1.77. The third-order valence-corrected chi connectivity index (χ3v) is 7.21. The Morgan fingerprint density at radius 1 is 0.868 bits per heavy atom. The summed E-state index contributed by atoms with van der Waals surface area (Å²) in [4.78, 5) is 34.7. The van der Waals surface area contributed by atoms with Gasteiger partial charge in [0.2, 0.25) is 5.91 Å². The Morgan fingerprint density at radius 2 is 1.63 bits per heavy atom. The number of hydroxylamine groups is 1. The van der Waals surface area contributed by atoms with Gasteiger partial charge in [0.05, 0.1) is 23.0 Å². The van der Waals surface area contributed by atoms with E-state index in [9.17, 15) is 9.59 Å². The number of hydrogen-bond acceptors (Lipinski definition) is 6. The summed E-state index contributed by atoms with van der Waals surface area (Å²) in [5.74, 6) is -0.0272. The van der Waals surface area contributed by atoms with Crippen molar-refractivity contribution in [3.05, 3.63) is 101 Å². The monoisotopic (exact) mass is 548 g/mol. The first-order chi connectivity index (χ1) is 18.5. The number of ether oxygens (including phenoxy) is 1. The molecule has 3 atom stereocenters. The summed E-state index contributed by atoms with van der Waals surface area (Å²) >= 11 is 12.6. The lowest BCUT2D eigenvalue weighted by molar-refractivity contribution is -0.126. The summed E-state index contributed by atoms with van der Waals surface area (Å²) in [5, 5.41) is 2.58. The minimum atomic E-state index is -1.01. The Labute approximate surface area is 229 Å². The molecule has 4 aromatic rings. The summed E-state index contributed by atoms with van der Waals surface area (Å²) in [6.07, 6.45) is -1.01. The van der Waals surface area contributed by atoms with E-state index in [4.69, 9.17) is 37.2 Å². The average molecular weight is 549 g/mol. The summed E-state index contributed by atoms with van der Waals surface area (Å²) in [6.45, 7) is 2.40. The van der Waals surface area contributed by atoms with Crippen molar-refractivity contribution >= 4 is 46.4 Å². The molecule has 0 N–H and O–H groups in total. The van der Waals surface area contributed by atoms with E-state index in [-0.39, 0.29) is 5.91 Å². The quantitative estimate of drug-likeness (QED) is 0.249. The molecule has 38 heavy (non-hydrogen) atoms. The van der Waals surface area contributed by atoms with Gasteiger partial charge in [0, 0.05) is 10.6 Å². The zero-order valence-corrected chi connectivity index (χ0v) is 21.7. The van der Waals surface area contributed by atoms with Crippen LogP contribution < -0.4 is 14.7 Å². The van der Waals surface area contributed by atoms with Crippen LogP contribution in [-0.2, 0) is 14.4 Å². The first-order valence-corrected chi connectivity index (χ1v) is 12.9. The van der Waals surface area contributed by atoms with Crippen molar-refractivity contribution in [3.8, 4) is 17.1 Å². The van der Waals surface area contributed by atoms with Crippen molar-refractivity contribution in [1.82, 2.24) is 0 Å². The molecule has 3 heterocycles. The molecule has 2 amide bonds. The van der Waals surface area contributed by atoms with Crippen LogP contribution in [0.4, 0.5) is 11.4 Å². The van der Waals surface area contributed by atoms with Crippen molar-refractivity contribution in [2.24, 2.45) is 5.92 Å². The van der Waals surface area contributed by atoms with Crippen molar-refractivity contribution in [2.75, 3.05) is 16.6 Å². The fourth-order valence-corrected chi connectivity index (χ4v) is 5.34. The van der Waals surface area contributed by atoms with Crippen LogP contribution in [0.15, 0.2) is 89.3 Å². The van der Waals surface area contributed by atoms with Crippen molar-refractivity contribution < 1.29 is 23.6 Å². The molecule has 0 unspecified atom stereocenters. The van der Waals surface area contributed by atoms with E-state index in [1.807, 2.05) is 37.3 Å². The number of carbonyl (C=O) groups excluding carboxylic acids is 2. The van der Waals surface area contributed by atoms with Gasteiger partial charge in [0.15, 0.2) is 6.10 Å². The molecule has 7 nitrogen and oxygen atoms in total. The first-order valence-electron chi connectivity index (χ1n) is 12.1. The molecule has 0 spiro atoms. The van der Waals surface area contributed by atoms with E-state index in [2.05, 4.69) is 0 Å². The summed E-state index contributed by atoms with van der Waals surface area (Å²) in [6, 6.07) is 24.1. The van der Waals surface area contributed by atoms with Crippen LogP contribution in [0, 0.1) is 5.92 Å². The normalized spacial score (nSPS) is 20.8. The van der Waals surface area contributed by atoms with Crippen LogP contribution in [0.25, 0.3) is 11.3 Å². The molecule has 9 heteroatoms. The second-order valence-corrected chi connectivity index (χ2v) is 9.77. The Balaban J connectivity index is 1.39. The SMILES string of the molecule is CCOc1ccc(N2C(=O)[C@@H]3[C@@H](c4ccc(-c5cc(Cl)ccc5Cl)o4)N(c4ccccc4)O[C@H]3C2=O)cc1. The second kappa shape index (κ2) is 9.83. The van der Waals surface area contributed by atoms with Gasteiger partial charge >= 0.3 is 0 Å². The fourth-order valence-electron chi connectivity index (χ4n) is 4.96. The minimum absolute atomic E-state index is 0.369. The number of benzene rings is 3. The first kappa shape index (κ1) is 24.6. The minimum Gasteiger partial charge on any atom is -0.494 e. The lowest BCUT2D eigenvalue weighted by Crippen LogP contribution is -2.37. The number of para-hydroxylation sites is 1. The molecule has 0 saturated carbocycles. The number of nitrogens with zero attached hydrogens (tertiary/aromatic N) is 2. The predicted octanol–water partition coefficient (Wildman–Crippen LogP) is 6.70. The number of halogens is 2. The highest BCUT2D eigenvalue weighted by molar-refractivity contribution is 6.35. The lowest BCUT2D eigenvalue weighted by Gasteiger charge is -2.27. The number of rotatable bonds is 6. The fraction of sp³-hybridized carbons (Fsp3) is 0.172. The van der Waals surface area contributed by atoms with Crippen molar-refractivity contribution in [3.63, 3.8) is 0 Å². The van der Waals surface area contributed by atoms with E-state index >= 15 is 0 Å². The van der Waals surface area contributed by atoms with Gasteiger partial charge < -0.3 is 9.15 Å². The maximum atomic E-state index is 13.8. The number of anilines is 2. The molecular weight excluding hydrogens is 527 g/mol. The topological polar surface area (TPSA) is 72.2 Å². The van der Waals surface area contributed by atoms with Gasteiger partial charge in [-0.3, -0.25) is 14.4 Å². The van der Waals surface area contributed by atoms with E-state index in [1.54, 1.807) is 59.7 Å². The maximum Gasteiger partial charge on any atom is 0.266 e. The molecule has 1 aromatic heterocycles. The highest BCUT2D eigenvalue weighted by Gasteiger charge is 2.61. The third kappa shape index (κ3) is 4.13. The molecule has 2 aliphatic rings. The highest BCUT2D eigenvalue weighted by atomic mass is 35.5. The van der Waals surface area contributed by atoms with Crippen LogP contribution in [-0.4, -0.2) is 24.5 Å². The van der Waals surface area contributed by atoms with Gasteiger partial charge in [-0.15, -0.1) is 0 Å². The van der Waals surface area contributed by atoms with E-state index in [0.717, 1.165) is 0 Å². The molecule has 0 bridgehead atoms. The van der Waals surface area contributed by atoms with Gasteiger partial charge in [0.1, 0.15) is 29.2 Å². The van der Waals surface area contributed by atoms with E-state index < -0.39 is 24.0 Å². The van der Waals surface area contributed by atoms with Gasteiger partial charge in [-0.05, 0) is 73.7 Å². The van der Waals surface area contributed by atoms with Crippen LogP contribution in [0.3, 0.4) is 0 Å². The highest BCUT2D eigenvalue weighted by Crippen LogP contribution is 2.48. The molecule has 0 aliphatic carbocycles. The maximum absolute atomic E-state index is 13.8. The Morgan fingerprint density at radius 3 is 2.37 bits per heavy atom. The zero-order valence-electron chi connectivity index (χ0n) is 20.2. The van der Waals surface area contributed by atoms with Gasteiger partial charge in [0.25, 0.3) is 5.91 Å². The number of amides is 2. The van der Waals surface area contributed by atoms with Crippen LogP contribution in [0.1, 0.15) is 18.7 Å². The molecule has 6 rings (SSSR count). The Kier molecular flexibility index (Phi) is 6.35. The van der Waals surface area contributed by atoms with Crippen molar-refractivity contribution in [2.45, 2.75) is 19.1 Å². The Bertz CT molecular complexity index is 1510. The van der Waals surface area contributed by atoms with Crippen molar-refractivity contribution in [1.29, 1.82) is 0 Å². The van der Waals surface area contributed by atoms with Gasteiger partial charge in [-0.2, -0.15) is 0 Å². The predicted molar refractivity (Wildman–Crippen MR) is 144 cm³/mol. The third-order valence-electron chi connectivity index (χ3n) is 6.64. The molecule has 192 valence electrons. The number of furan rings is 1. The second-order valence-electron chi connectivity index (χ2n) is 8.92. The van der Waals surface area contributed by atoms with E-state index in [1.165, 1.54) is 4.90 Å². The smallest absolute Gasteiger partial charge is 0.266 e. The molecule has 0 radical (unpaired) electrons. The molecule has 2 saturated heterocycles. The molecular formula is C29H22Cl2N2O5. The lowest BCUT2D eigenvalue weighted by atomic mass is 9.94. The van der Waals surface area contributed by atoms with Crippen LogP contribution in [0.5, 0.6) is 5.75 Å². The number of carbonyl (C=O) groups is 2. The standard InChI is InChI=1S/C29H22Cl2N2O5/c1-2-36-20-11-9-18(10-12-20)32-28(34)25-26(33(38-27(25)29(32)35)19-6-4-3-5-7-19)24-15-14-23(37-24)21-16-17(30)8-13-22(21)31/h3-16,25-27H,2H2,1H3/t25-,26-,27-/m1/s1. The summed E-state index contributed by atoms with van der Waals surface area (Å²) < 4.78 is 11.7. The molecule has 2 aliphatic heterocycles. The van der Waals surface area contributed by atoms with Crippen LogP contribution in [0.2, 0.25) is 10.0 Å². The van der Waals surface area contributed by atoms with Gasteiger partial charge in [-0.25, -0.2) is 9.96 Å². The Hall–Kier alpha value is -3.78. The number of fused-ring (bicyclic) bond motifs is 1. The van der Waals surface area contributed by atoms with Crippen LogP contribution >= 0.6 is 23.2 Å². The van der Waals surface area contributed by atoms with Gasteiger partial charge in [-0.1, -0.05) is 41.4 Å². The molecule has 2 fully saturated rings. The van der Waals surface area contributed by atoms with E-state index in [0.29, 0.717) is 50.9 Å². The number of imide groups is 1. The zero-order chi connectivity index (χ0) is 26.4. The average Bonchev–Trinajstić information content (AvgIpc) is 3.62. The largest absolute Gasteiger partial charge is 0.494 e.